The van der Waals surface area contributed by atoms with Gasteiger partial charge < -0.3 is 0 Å². The van der Waals surface area contributed by atoms with Crippen molar-refractivity contribution in [2.75, 3.05) is 6.67 Å². The van der Waals surface area contributed by atoms with Crippen LogP contribution in [0.2, 0.25) is 0 Å². The summed E-state index contributed by atoms with van der Waals surface area (Å²) in [6, 6.07) is 6.69. The summed E-state index contributed by atoms with van der Waals surface area (Å²) >= 11 is 0. The van der Waals surface area contributed by atoms with Crippen molar-refractivity contribution in [2.45, 2.75) is 24.3 Å². The molecule has 6 heteroatoms. The van der Waals surface area contributed by atoms with Crippen molar-refractivity contribution in [3.05, 3.63) is 34.7 Å². The molecule has 0 unspecified atom stereocenters. The van der Waals surface area contributed by atoms with Gasteiger partial charge in [-0.15, -0.1) is 4.91 Å². The summed E-state index contributed by atoms with van der Waals surface area (Å²) in [6.45, 7) is 3.54. The van der Waals surface area contributed by atoms with E-state index in [4.69, 9.17) is 0 Å². The summed E-state index contributed by atoms with van der Waals surface area (Å²) in [4.78, 5) is 10.3. The molecule has 0 aromatic heterocycles. The molecule has 1 rings (SSSR count). The summed E-state index contributed by atoms with van der Waals surface area (Å²) < 4.78 is 22.1. The van der Waals surface area contributed by atoms with Crippen molar-refractivity contribution < 1.29 is 8.42 Å². The molecule has 0 saturated heterocycles. The van der Waals surface area contributed by atoms with Gasteiger partial charge in [0.05, 0.1) is 4.90 Å². The monoisotopic (exact) mass is 242 g/mol. The van der Waals surface area contributed by atoms with Gasteiger partial charge in [0.1, 0.15) is 6.67 Å². The number of nitrogens with zero attached hydrogens (tertiary/aromatic N) is 1. The van der Waals surface area contributed by atoms with E-state index in [9.17, 15) is 13.3 Å². The average Bonchev–Trinajstić information content (AvgIpc) is 2.26. The molecular weight excluding hydrogens is 228 g/mol. The van der Waals surface area contributed by atoms with Gasteiger partial charge in [0, 0.05) is 5.54 Å². The van der Waals surface area contributed by atoms with E-state index in [1.165, 1.54) is 0 Å². The Bertz CT molecular complexity index is 447. The average molecular weight is 242 g/mol. The van der Waals surface area contributed by atoms with Crippen LogP contribution in [0, 0.1) is 4.91 Å². The molecule has 0 aliphatic heterocycles. The first kappa shape index (κ1) is 12.8. The van der Waals surface area contributed by atoms with Crippen molar-refractivity contribution >= 4 is 10.7 Å². The normalized spacial score (nSPS) is 11.7. The Morgan fingerprint density at radius 2 is 1.94 bits per heavy atom. The Kier molecular flexibility index (Phi) is 4.14. The highest BCUT2D eigenvalue weighted by atomic mass is 32.2. The van der Waals surface area contributed by atoms with Crippen LogP contribution in [-0.4, -0.2) is 15.1 Å². The van der Waals surface area contributed by atoms with E-state index < -0.39 is 16.2 Å². The third kappa shape index (κ3) is 2.86. The second-order valence-corrected chi connectivity index (χ2v) is 4.86. The van der Waals surface area contributed by atoms with Crippen molar-refractivity contribution in [3.63, 3.8) is 0 Å². The number of hydrogen-bond donors (Lipinski definition) is 2. The highest BCUT2D eigenvalue weighted by Crippen LogP contribution is 2.24. The van der Waals surface area contributed by atoms with Crippen LogP contribution in [0.4, 0.5) is 0 Å². The van der Waals surface area contributed by atoms with Gasteiger partial charge in [-0.2, -0.15) is 0 Å². The second-order valence-electron chi connectivity index (χ2n) is 3.86. The molecule has 0 aliphatic carbocycles. The molecule has 0 radical (unpaired) electrons. The van der Waals surface area contributed by atoms with Crippen molar-refractivity contribution in [2.24, 2.45) is 5.18 Å². The van der Waals surface area contributed by atoms with Gasteiger partial charge in [-0.05, 0) is 25.5 Å². The Labute approximate surface area is 95.8 Å². The minimum Gasteiger partial charge on any atom is -0.286 e. The van der Waals surface area contributed by atoms with E-state index in [1.807, 2.05) is 0 Å². The summed E-state index contributed by atoms with van der Waals surface area (Å²) in [6.07, 6.45) is 0. The van der Waals surface area contributed by atoms with E-state index in [0.717, 1.165) is 0 Å². The molecule has 5 nitrogen and oxygen atoms in total. The van der Waals surface area contributed by atoms with E-state index in [-0.39, 0.29) is 11.6 Å². The lowest BCUT2D eigenvalue weighted by Crippen LogP contribution is -2.37. The second kappa shape index (κ2) is 5.18. The highest BCUT2D eigenvalue weighted by Gasteiger charge is 2.23. The highest BCUT2D eigenvalue weighted by molar-refractivity contribution is 7.72. The van der Waals surface area contributed by atoms with Gasteiger partial charge >= 0.3 is 0 Å². The smallest absolute Gasteiger partial charge is 0.168 e. The molecule has 1 aromatic carbocycles. The summed E-state index contributed by atoms with van der Waals surface area (Å²) in [7, 11) is -2.64. The predicted molar refractivity (Wildman–Crippen MR) is 61.8 cm³/mol. The first-order valence-corrected chi connectivity index (χ1v) is 5.95. The van der Waals surface area contributed by atoms with E-state index >= 15 is 0 Å². The fraction of sp³-hybridized carbons (Fsp3) is 0.400. The Hall–Kier alpha value is -1.27. The standard InChI is InChI=1S/C10H14N2O3S/c1-10(2,11-7-12-13)8-5-3-4-6-9(8)16(14)15/h3-6,11,16H,7H2,1-2H3. The minimum absolute atomic E-state index is 0.0586. The molecule has 1 aromatic rings. The van der Waals surface area contributed by atoms with Crippen LogP contribution in [0.5, 0.6) is 0 Å². The number of nitrogens with one attached hydrogen (secondary N) is 1. The number of rotatable bonds is 5. The topological polar surface area (TPSA) is 75.6 Å². The van der Waals surface area contributed by atoms with E-state index in [0.29, 0.717) is 5.56 Å². The third-order valence-electron chi connectivity index (χ3n) is 2.36. The molecule has 0 fully saturated rings. The Morgan fingerprint density at radius 1 is 1.31 bits per heavy atom. The zero-order chi connectivity index (χ0) is 12.2. The van der Waals surface area contributed by atoms with Gasteiger partial charge in [0.2, 0.25) is 0 Å². The molecule has 0 atom stereocenters. The molecule has 0 saturated carbocycles. The van der Waals surface area contributed by atoms with Crippen LogP contribution >= 0.6 is 0 Å². The molecule has 1 N–H and O–H groups in total. The molecule has 16 heavy (non-hydrogen) atoms. The molecular formula is C10H14N2O3S. The lowest BCUT2D eigenvalue weighted by atomic mass is 9.94. The fourth-order valence-electron chi connectivity index (χ4n) is 1.49. The van der Waals surface area contributed by atoms with Gasteiger partial charge in [-0.25, -0.2) is 8.42 Å². The van der Waals surface area contributed by atoms with Crippen LogP contribution < -0.4 is 5.32 Å². The lowest BCUT2D eigenvalue weighted by molar-refractivity contribution is 0.403. The SMILES string of the molecule is CC(C)(NCN=O)c1ccccc1[SH](=O)=O. The lowest BCUT2D eigenvalue weighted by Gasteiger charge is -2.26. The van der Waals surface area contributed by atoms with Crippen molar-refractivity contribution in [1.29, 1.82) is 0 Å². The van der Waals surface area contributed by atoms with Crippen LogP contribution in [0.15, 0.2) is 34.3 Å². The predicted octanol–water partition coefficient (Wildman–Crippen LogP) is 1.21. The molecule has 88 valence electrons. The molecule has 0 spiro atoms. The first-order valence-electron chi connectivity index (χ1n) is 4.77. The maximum absolute atomic E-state index is 11.1. The Morgan fingerprint density at radius 3 is 2.50 bits per heavy atom. The maximum Gasteiger partial charge on any atom is 0.168 e. The summed E-state index contributed by atoms with van der Waals surface area (Å²) in [5.41, 5.74) is 0.0228. The molecule has 0 amide bonds. The Balaban J connectivity index is 3.15. The van der Waals surface area contributed by atoms with Gasteiger partial charge in [-0.1, -0.05) is 23.4 Å². The van der Waals surface area contributed by atoms with Gasteiger partial charge in [0.25, 0.3) is 0 Å². The maximum atomic E-state index is 11.1. The summed E-state index contributed by atoms with van der Waals surface area (Å²) in [5, 5.41) is 5.58. The van der Waals surface area contributed by atoms with Crippen LogP contribution in [-0.2, 0) is 16.2 Å². The number of benzene rings is 1. The van der Waals surface area contributed by atoms with Crippen molar-refractivity contribution in [1.82, 2.24) is 5.32 Å². The zero-order valence-corrected chi connectivity index (χ0v) is 10.0. The van der Waals surface area contributed by atoms with Crippen LogP contribution in [0.1, 0.15) is 19.4 Å². The number of nitroso groups, excluding NO2 is 1. The zero-order valence-electron chi connectivity index (χ0n) is 9.14. The van der Waals surface area contributed by atoms with E-state index in [2.05, 4.69) is 10.5 Å². The molecule has 0 heterocycles. The first-order chi connectivity index (χ1) is 7.49. The largest absolute Gasteiger partial charge is 0.286 e. The third-order valence-corrected chi connectivity index (χ3v) is 3.14. The minimum atomic E-state index is -2.64. The molecule has 0 bridgehead atoms. The van der Waals surface area contributed by atoms with Gasteiger partial charge in [-0.3, -0.25) is 5.32 Å². The van der Waals surface area contributed by atoms with Crippen LogP contribution in [0.3, 0.4) is 0 Å². The quantitative estimate of drug-likeness (QED) is 0.601. The molecule has 0 aliphatic rings. The fourth-order valence-corrected chi connectivity index (χ4v) is 2.25. The number of thiol groups is 1. The van der Waals surface area contributed by atoms with Crippen molar-refractivity contribution in [3.8, 4) is 0 Å². The van der Waals surface area contributed by atoms with Crippen LogP contribution in [0.25, 0.3) is 0 Å². The van der Waals surface area contributed by atoms with Gasteiger partial charge in [0.15, 0.2) is 10.7 Å². The number of hydrogen-bond acceptors (Lipinski definition) is 5. The summed E-state index contributed by atoms with van der Waals surface area (Å²) in [5.74, 6) is 0. The van der Waals surface area contributed by atoms with E-state index in [1.54, 1.807) is 38.1 Å².